The van der Waals surface area contributed by atoms with E-state index in [0.717, 1.165) is 4.88 Å². The number of hydrogen-bond acceptors (Lipinski definition) is 6. The van der Waals surface area contributed by atoms with Gasteiger partial charge in [-0.15, -0.1) is 11.3 Å². The van der Waals surface area contributed by atoms with E-state index in [9.17, 15) is 9.59 Å². The molecule has 0 fully saturated rings. The minimum absolute atomic E-state index is 0.232. The molecule has 3 rings (SSSR count). The molecule has 0 aliphatic heterocycles. The van der Waals surface area contributed by atoms with Gasteiger partial charge in [-0.3, -0.25) is 9.59 Å². The maximum atomic E-state index is 12.3. The molecular weight excluding hydrogens is 328 g/mol. The minimum atomic E-state index is -0.651. The van der Waals surface area contributed by atoms with Gasteiger partial charge in [0.1, 0.15) is 6.04 Å². The molecule has 0 bridgehead atoms. The first-order valence-corrected chi connectivity index (χ1v) is 8.25. The highest BCUT2D eigenvalue weighted by Crippen LogP contribution is 2.17. The lowest BCUT2D eigenvalue weighted by molar-refractivity contribution is -0.124. The molecule has 1 atom stereocenters. The molecule has 1 N–H and O–H groups in total. The van der Waals surface area contributed by atoms with Crippen LogP contribution in [0, 0.1) is 6.92 Å². The van der Waals surface area contributed by atoms with Crippen molar-refractivity contribution in [3.05, 3.63) is 56.9 Å². The van der Waals surface area contributed by atoms with Crippen LogP contribution in [-0.2, 0) is 11.3 Å². The average molecular weight is 344 g/mol. The van der Waals surface area contributed by atoms with E-state index in [4.69, 9.17) is 4.52 Å². The van der Waals surface area contributed by atoms with Gasteiger partial charge in [-0.05, 0) is 31.4 Å². The molecule has 24 heavy (non-hydrogen) atoms. The second-order valence-corrected chi connectivity index (χ2v) is 6.32. The van der Waals surface area contributed by atoms with Crippen molar-refractivity contribution in [1.82, 2.24) is 20.0 Å². The summed E-state index contributed by atoms with van der Waals surface area (Å²) in [5.41, 5.74) is 0.321. The van der Waals surface area contributed by atoms with Crippen LogP contribution in [0.3, 0.4) is 0 Å². The average Bonchev–Trinajstić information content (AvgIpc) is 3.24. The third-order valence-corrected chi connectivity index (χ3v) is 4.40. The molecular formula is C16H16N4O3S. The Kier molecular flexibility index (Phi) is 4.57. The Labute approximate surface area is 141 Å². The molecule has 8 heteroatoms. The van der Waals surface area contributed by atoms with Gasteiger partial charge in [0, 0.05) is 17.1 Å². The largest absolute Gasteiger partial charge is 0.349 e. The zero-order chi connectivity index (χ0) is 17.1. The van der Waals surface area contributed by atoms with Crippen molar-refractivity contribution in [2.75, 3.05) is 0 Å². The van der Waals surface area contributed by atoms with Crippen LogP contribution in [-0.4, -0.2) is 20.6 Å². The summed E-state index contributed by atoms with van der Waals surface area (Å²) < 4.78 is 6.47. The summed E-state index contributed by atoms with van der Waals surface area (Å²) >= 11 is 1.57. The normalized spacial score (nSPS) is 12.1. The summed E-state index contributed by atoms with van der Waals surface area (Å²) in [6, 6.07) is 6.21. The zero-order valence-corrected chi connectivity index (χ0v) is 14.0. The molecule has 124 valence electrons. The van der Waals surface area contributed by atoms with E-state index < -0.39 is 6.04 Å². The SMILES string of the molecule is Cc1noc(-c2ccc(=O)n([C@@H](C)C(=O)NCc3cccs3)c2)n1. The molecule has 0 saturated carbocycles. The number of carbonyl (C=O) groups excluding carboxylic acids is 1. The van der Waals surface area contributed by atoms with Crippen molar-refractivity contribution < 1.29 is 9.32 Å². The summed E-state index contributed by atoms with van der Waals surface area (Å²) in [4.78, 5) is 29.6. The lowest BCUT2D eigenvalue weighted by Crippen LogP contribution is -2.35. The Hall–Kier alpha value is -2.74. The molecule has 0 aliphatic carbocycles. The number of pyridine rings is 1. The number of thiophene rings is 1. The zero-order valence-electron chi connectivity index (χ0n) is 13.2. The van der Waals surface area contributed by atoms with Gasteiger partial charge in [0.25, 0.3) is 11.4 Å². The van der Waals surface area contributed by atoms with Crippen LogP contribution in [0.2, 0.25) is 0 Å². The van der Waals surface area contributed by atoms with Crippen molar-refractivity contribution in [3.8, 4) is 11.5 Å². The molecule has 0 saturated heterocycles. The molecule has 0 radical (unpaired) electrons. The van der Waals surface area contributed by atoms with Gasteiger partial charge in [0.15, 0.2) is 5.82 Å². The van der Waals surface area contributed by atoms with Gasteiger partial charge in [0.2, 0.25) is 5.91 Å². The maximum Gasteiger partial charge on any atom is 0.259 e. The molecule has 7 nitrogen and oxygen atoms in total. The molecule has 0 spiro atoms. The molecule has 3 heterocycles. The fraction of sp³-hybridized carbons (Fsp3) is 0.250. The lowest BCUT2D eigenvalue weighted by Gasteiger charge is -2.15. The van der Waals surface area contributed by atoms with E-state index in [1.54, 1.807) is 37.4 Å². The number of rotatable bonds is 5. The second kappa shape index (κ2) is 6.79. The maximum absolute atomic E-state index is 12.3. The van der Waals surface area contributed by atoms with Gasteiger partial charge in [-0.2, -0.15) is 4.98 Å². The van der Waals surface area contributed by atoms with Gasteiger partial charge in [-0.25, -0.2) is 0 Å². The van der Waals surface area contributed by atoms with Crippen LogP contribution in [0.15, 0.2) is 45.2 Å². The number of amides is 1. The van der Waals surface area contributed by atoms with E-state index >= 15 is 0 Å². The first-order valence-electron chi connectivity index (χ1n) is 7.37. The molecule has 3 aromatic heterocycles. The standard InChI is InChI=1S/C16H16N4O3S/c1-10(15(22)17-8-13-4-3-7-24-13)20-9-12(5-6-14(20)21)16-18-11(2)19-23-16/h3-7,9-10H,8H2,1-2H3,(H,17,22)/t10-/m0/s1. The predicted octanol–water partition coefficient (Wildman–Crippen LogP) is 2.15. The van der Waals surface area contributed by atoms with Gasteiger partial charge < -0.3 is 14.4 Å². The number of nitrogens with zero attached hydrogens (tertiary/aromatic N) is 3. The van der Waals surface area contributed by atoms with E-state index in [1.807, 2.05) is 17.5 Å². The number of nitrogens with one attached hydrogen (secondary N) is 1. The molecule has 0 unspecified atom stereocenters. The van der Waals surface area contributed by atoms with E-state index in [1.165, 1.54) is 10.6 Å². The van der Waals surface area contributed by atoms with Crippen molar-refractivity contribution >= 4 is 17.2 Å². The number of carbonyl (C=O) groups is 1. The van der Waals surface area contributed by atoms with Crippen molar-refractivity contribution in [3.63, 3.8) is 0 Å². The van der Waals surface area contributed by atoms with E-state index in [-0.39, 0.29) is 11.5 Å². The summed E-state index contributed by atoms with van der Waals surface area (Å²) in [5, 5.41) is 8.52. The molecule has 3 aromatic rings. The van der Waals surface area contributed by atoms with Crippen LogP contribution in [0.25, 0.3) is 11.5 Å². The topological polar surface area (TPSA) is 90.0 Å². The van der Waals surface area contributed by atoms with Crippen LogP contribution in [0.4, 0.5) is 0 Å². The third kappa shape index (κ3) is 3.43. The fourth-order valence-electron chi connectivity index (χ4n) is 2.21. The summed E-state index contributed by atoms with van der Waals surface area (Å²) in [5.74, 6) is 0.585. The lowest BCUT2D eigenvalue weighted by atomic mass is 10.2. The predicted molar refractivity (Wildman–Crippen MR) is 89.6 cm³/mol. The first-order chi connectivity index (χ1) is 11.5. The Morgan fingerprint density at radius 3 is 2.92 bits per heavy atom. The fourth-order valence-corrected chi connectivity index (χ4v) is 2.85. The molecule has 0 aromatic carbocycles. The van der Waals surface area contributed by atoms with Crippen LogP contribution in [0.5, 0.6) is 0 Å². The number of aromatic nitrogens is 3. The monoisotopic (exact) mass is 344 g/mol. The highest BCUT2D eigenvalue weighted by atomic mass is 32.1. The molecule has 0 aliphatic rings. The van der Waals surface area contributed by atoms with Crippen LogP contribution < -0.4 is 10.9 Å². The first kappa shape index (κ1) is 16.1. The summed E-state index contributed by atoms with van der Waals surface area (Å²) in [6.45, 7) is 3.83. The van der Waals surface area contributed by atoms with Gasteiger partial charge in [0.05, 0.1) is 12.1 Å². The second-order valence-electron chi connectivity index (χ2n) is 5.28. The van der Waals surface area contributed by atoms with Gasteiger partial charge >= 0.3 is 0 Å². The van der Waals surface area contributed by atoms with E-state index in [2.05, 4.69) is 15.5 Å². The minimum Gasteiger partial charge on any atom is -0.349 e. The highest BCUT2D eigenvalue weighted by molar-refractivity contribution is 7.09. The third-order valence-electron chi connectivity index (χ3n) is 3.53. The highest BCUT2D eigenvalue weighted by Gasteiger charge is 2.17. The Morgan fingerprint density at radius 2 is 2.25 bits per heavy atom. The van der Waals surface area contributed by atoms with Crippen LogP contribution in [0.1, 0.15) is 23.7 Å². The Balaban J connectivity index is 1.79. The van der Waals surface area contributed by atoms with Crippen LogP contribution >= 0.6 is 11.3 Å². The molecule has 1 amide bonds. The van der Waals surface area contributed by atoms with Gasteiger partial charge in [-0.1, -0.05) is 11.2 Å². The smallest absolute Gasteiger partial charge is 0.259 e. The number of hydrogen-bond donors (Lipinski definition) is 1. The Bertz CT molecular complexity index is 898. The summed E-state index contributed by atoms with van der Waals surface area (Å²) in [7, 11) is 0. The van der Waals surface area contributed by atoms with E-state index in [0.29, 0.717) is 23.8 Å². The number of aryl methyl sites for hydroxylation is 1. The van der Waals surface area contributed by atoms with Crippen molar-refractivity contribution in [2.24, 2.45) is 0 Å². The van der Waals surface area contributed by atoms with Crippen molar-refractivity contribution in [2.45, 2.75) is 26.4 Å². The Morgan fingerprint density at radius 1 is 1.42 bits per heavy atom. The van der Waals surface area contributed by atoms with Crippen molar-refractivity contribution in [1.29, 1.82) is 0 Å². The quantitative estimate of drug-likeness (QED) is 0.766. The summed E-state index contributed by atoms with van der Waals surface area (Å²) in [6.07, 6.45) is 1.56.